The molecule has 3 aliphatic rings. The van der Waals surface area contributed by atoms with Gasteiger partial charge in [0.25, 0.3) is 5.91 Å². The number of aliphatic carboxylic acids is 1. The van der Waals surface area contributed by atoms with Crippen molar-refractivity contribution in [3.8, 4) is 0 Å². The third-order valence-electron chi connectivity index (χ3n) is 8.49. The normalized spacial score (nSPS) is 28.1. The number of aryl methyl sites for hydroxylation is 1. The molecular weight excluding hydrogens is 442 g/mol. The molecule has 4 heterocycles. The Labute approximate surface area is 204 Å². The van der Waals surface area contributed by atoms with Crippen LogP contribution in [0.4, 0.5) is 5.69 Å². The van der Waals surface area contributed by atoms with E-state index >= 15 is 0 Å². The second kappa shape index (κ2) is 8.07. The Hall–Kier alpha value is -3.42. The minimum absolute atomic E-state index is 0.0983. The van der Waals surface area contributed by atoms with Crippen LogP contribution in [-0.2, 0) is 10.2 Å². The van der Waals surface area contributed by atoms with Crippen LogP contribution in [0, 0.1) is 24.7 Å². The SMILES string of the molecule is Cc1cc(N2CC[C@](C)(c3ccccc3)C2)cn2nc(C(=O)N3CC4CC(C(=O)O)CC4C3)nc12. The van der Waals surface area contributed by atoms with E-state index in [2.05, 4.69) is 58.3 Å². The lowest BCUT2D eigenvalue weighted by molar-refractivity contribution is -0.141. The molecule has 3 fully saturated rings. The second-order valence-electron chi connectivity index (χ2n) is 10.9. The van der Waals surface area contributed by atoms with Crippen LogP contribution in [0.25, 0.3) is 5.65 Å². The van der Waals surface area contributed by atoms with Crippen LogP contribution in [0.3, 0.4) is 0 Å². The lowest BCUT2D eigenvalue weighted by atomic mass is 9.82. The number of rotatable bonds is 4. The molecule has 0 bridgehead atoms. The van der Waals surface area contributed by atoms with Crippen molar-refractivity contribution in [2.24, 2.45) is 17.8 Å². The van der Waals surface area contributed by atoms with Crippen molar-refractivity contribution in [2.45, 2.75) is 38.5 Å². The number of aromatic nitrogens is 3. The van der Waals surface area contributed by atoms with Gasteiger partial charge in [0.15, 0.2) is 5.65 Å². The predicted octanol–water partition coefficient (Wildman–Crippen LogP) is 3.39. The zero-order valence-corrected chi connectivity index (χ0v) is 20.2. The van der Waals surface area contributed by atoms with Gasteiger partial charge in [0.05, 0.1) is 17.8 Å². The van der Waals surface area contributed by atoms with Crippen molar-refractivity contribution in [3.63, 3.8) is 0 Å². The molecule has 1 aliphatic carbocycles. The number of carboxylic acid groups (broad SMARTS) is 1. The van der Waals surface area contributed by atoms with Crippen LogP contribution in [0.2, 0.25) is 0 Å². The van der Waals surface area contributed by atoms with E-state index in [1.54, 1.807) is 4.52 Å². The Morgan fingerprint density at radius 1 is 1.11 bits per heavy atom. The predicted molar refractivity (Wildman–Crippen MR) is 132 cm³/mol. The Bertz CT molecular complexity index is 1290. The van der Waals surface area contributed by atoms with Gasteiger partial charge in [0.2, 0.25) is 5.82 Å². The minimum atomic E-state index is -0.715. The van der Waals surface area contributed by atoms with Crippen LogP contribution in [0.5, 0.6) is 0 Å². The summed E-state index contributed by atoms with van der Waals surface area (Å²) in [5.41, 5.74) is 4.24. The van der Waals surface area contributed by atoms with E-state index < -0.39 is 5.97 Å². The molecule has 0 radical (unpaired) electrons. The molecule has 6 rings (SSSR count). The van der Waals surface area contributed by atoms with Crippen molar-refractivity contribution in [1.29, 1.82) is 0 Å². The number of carboxylic acids is 1. The molecule has 8 nitrogen and oxygen atoms in total. The molecule has 2 unspecified atom stereocenters. The largest absolute Gasteiger partial charge is 0.481 e. The van der Waals surface area contributed by atoms with Gasteiger partial charge in [-0.15, -0.1) is 5.10 Å². The van der Waals surface area contributed by atoms with E-state index in [-0.39, 0.29) is 34.9 Å². The number of pyridine rings is 1. The summed E-state index contributed by atoms with van der Waals surface area (Å²) in [4.78, 5) is 33.3. The molecule has 35 heavy (non-hydrogen) atoms. The quantitative estimate of drug-likeness (QED) is 0.625. The summed E-state index contributed by atoms with van der Waals surface area (Å²) in [6.07, 6.45) is 4.37. The molecule has 3 aromatic rings. The molecule has 1 amide bonds. The van der Waals surface area contributed by atoms with Gasteiger partial charge in [-0.2, -0.15) is 0 Å². The third kappa shape index (κ3) is 3.75. The number of likely N-dealkylation sites (tertiary alicyclic amines) is 1. The number of carbonyl (C=O) groups is 2. The van der Waals surface area contributed by atoms with Gasteiger partial charge >= 0.3 is 5.97 Å². The molecular formula is C27H31N5O3. The first-order valence-corrected chi connectivity index (χ1v) is 12.5. The van der Waals surface area contributed by atoms with E-state index in [1.165, 1.54) is 5.56 Å². The fourth-order valence-corrected chi connectivity index (χ4v) is 6.46. The number of fused-ring (bicyclic) bond motifs is 2. The first-order chi connectivity index (χ1) is 16.8. The molecule has 182 valence electrons. The highest BCUT2D eigenvalue weighted by atomic mass is 16.4. The maximum absolute atomic E-state index is 13.2. The molecule has 2 aliphatic heterocycles. The van der Waals surface area contributed by atoms with Crippen molar-refractivity contribution < 1.29 is 14.7 Å². The summed E-state index contributed by atoms with van der Waals surface area (Å²) < 4.78 is 1.74. The number of carbonyl (C=O) groups excluding carboxylic acids is 1. The zero-order valence-electron chi connectivity index (χ0n) is 20.2. The average Bonchev–Trinajstić information content (AvgIpc) is 3.61. The van der Waals surface area contributed by atoms with E-state index in [0.717, 1.165) is 30.8 Å². The highest BCUT2D eigenvalue weighted by Gasteiger charge is 2.45. The highest BCUT2D eigenvalue weighted by molar-refractivity contribution is 5.91. The monoisotopic (exact) mass is 473 g/mol. The number of anilines is 1. The smallest absolute Gasteiger partial charge is 0.306 e. The number of nitrogens with zero attached hydrogens (tertiary/aromatic N) is 5. The molecule has 1 saturated carbocycles. The van der Waals surface area contributed by atoms with Gasteiger partial charge in [-0.3, -0.25) is 9.59 Å². The maximum Gasteiger partial charge on any atom is 0.306 e. The molecule has 1 N–H and O–H groups in total. The van der Waals surface area contributed by atoms with E-state index in [1.807, 2.05) is 18.0 Å². The Morgan fingerprint density at radius 2 is 1.83 bits per heavy atom. The molecule has 3 atom stereocenters. The molecule has 8 heteroatoms. The van der Waals surface area contributed by atoms with Crippen LogP contribution in [0.1, 0.15) is 47.9 Å². The van der Waals surface area contributed by atoms with Crippen molar-refractivity contribution in [2.75, 3.05) is 31.1 Å². The Balaban J connectivity index is 1.20. The standard InChI is InChI=1S/C27H31N5O3/c1-17-10-22(30-9-8-27(2,16-30)21-6-4-3-5-7-21)15-32-24(17)28-23(29-32)25(33)31-13-19-11-18(26(34)35)12-20(19)14-31/h3-7,10,15,18-20H,8-9,11-14,16H2,1-2H3,(H,34,35)/t18?,19?,20?,27-/m0/s1. The van der Waals surface area contributed by atoms with Crippen LogP contribution in [0.15, 0.2) is 42.6 Å². The summed E-state index contributed by atoms with van der Waals surface area (Å²) in [6, 6.07) is 12.8. The summed E-state index contributed by atoms with van der Waals surface area (Å²) in [7, 11) is 0. The second-order valence-corrected chi connectivity index (χ2v) is 10.9. The van der Waals surface area contributed by atoms with Gasteiger partial charge in [-0.25, -0.2) is 9.50 Å². The number of amides is 1. The summed E-state index contributed by atoms with van der Waals surface area (Å²) in [6.45, 7) is 7.42. The molecule has 0 spiro atoms. The lowest BCUT2D eigenvalue weighted by Crippen LogP contribution is -2.31. The van der Waals surface area contributed by atoms with Gasteiger partial charge in [-0.1, -0.05) is 37.3 Å². The number of hydrogen-bond acceptors (Lipinski definition) is 5. The summed E-state index contributed by atoms with van der Waals surface area (Å²) in [5, 5.41) is 13.9. The van der Waals surface area contributed by atoms with Crippen LogP contribution < -0.4 is 4.90 Å². The number of benzene rings is 1. The molecule has 2 saturated heterocycles. The molecule has 1 aromatic carbocycles. The topological polar surface area (TPSA) is 91.0 Å². The third-order valence-corrected chi connectivity index (χ3v) is 8.49. The Kier molecular flexibility index (Phi) is 5.09. The zero-order chi connectivity index (χ0) is 24.3. The average molecular weight is 474 g/mol. The van der Waals surface area contributed by atoms with Gasteiger partial charge < -0.3 is 14.9 Å². The fourth-order valence-electron chi connectivity index (χ4n) is 6.46. The van der Waals surface area contributed by atoms with E-state index in [0.29, 0.717) is 31.6 Å². The minimum Gasteiger partial charge on any atom is -0.481 e. The number of hydrogen-bond donors (Lipinski definition) is 1. The van der Waals surface area contributed by atoms with Crippen molar-refractivity contribution >= 4 is 23.2 Å². The van der Waals surface area contributed by atoms with E-state index in [4.69, 9.17) is 0 Å². The maximum atomic E-state index is 13.2. The fraction of sp³-hybridized carbons (Fsp3) is 0.481. The lowest BCUT2D eigenvalue weighted by Gasteiger charge is -2.26. The molecule has 2 aromatic heterocycles. The van der Waals surface area contributed by atoms with Crippen LogP contribution >= 0.6 is 0 Å². The van der Waals surface area contributed by atoms with Gasteiger partial charge in [0.1, 0.15) is 0 Å². The summed E-state index contributed by atoms with van der Waals surface area (Å²) >= 11 is 0. The van der Waals surface area contributed by atoms with E-state index in [9.17, 15) is 14.7 Å². The Morgan fingerprint density at radius 3 is 2.51 bits per heavy atom. The first kappa shape index (κ1) is 22.1. The highest BCUT2D eigenvalue weighted by Crippen LogP contribution is 2.42. The van der Waals surface area contributed by atoms with Crippen LogP contribution in [-0.4, -0.2) is 62.7 Å². The van der Waals surface area contributed by atoms with Gasteiger partial charge in [-0.05, 0) is 55.2 Å². The summed E-state index contributed by atoms with van der Waals surface area (Å²) in [5.74, 6) is -0.401. The van der Waals surface area contributed by atoms with Gasteiger partial charge in [0, 0.05) is 31.6 Å². The van der Waals surface area contributed by atoms with Crippen molar-refractivity contribution in [1.82, 2.24) is 19.5 Å². The first-order valence-electron chi connectivity index (χ1n) is 12.5. The van der Waals surface area contributed by atoms with Crippen molar-refractivity contribution in [3.05, 3.63) is 59.5 Å².